The smallest absolute Gasteiger partial charge is 0.179 e. The van der Waals surface area contributed by atoms with Crippen LogP contribution in [-0.2, 0) is 0 Å². The van der Waals surface area contributed by atoms with Crippen LogP contribution >= 0.6 is 0 Å². The Labute approximate surface area is 477 Å². The number of benzene rings is 13. The monoisotopic (exact) mass is 1060 g/mol. The van der Waals surface area contributed by atoms with Crippen molar-refractivity contribution < 1.29 is 0 Å². The van der Waals surface area contributed by atoms with E-state index in [-0.39, 0.29) is 0 Å². The summed E-state index contributed by atoms with van der Waals surface area (Å²) in [6, 6.07) is 119. The molecule has 0 aliphatic heterocycles. The largest absolute Gasteiger partial charge is 0.309 e. The van der Waals surface area contributed by atoms with Crippen LogP contribution in [0.15, 0.2) is 322 Å². The van der Waals surface area contributed by atoms with E-state index >= 15 is 0 Å². The van der Waals surface area contributed by atoms with Crippen LogP contribution < -0.4 is 20.7 Å². The van der Waals surface area contributed by atoms with Gasteiger partial charge in [0, 0.05) is 49.3 Å². The predicted molar refractivity (Wildman–Crippen MR) is 349 cm³/mol. The van der Waals surface area contributed by atoms with Crippen LogP contribution in [0.1, 0.15) is 0 Å². The van der Waals surface area contributed by atoms with E-state index < -0.39 is 8.07 Å². The molecule has 0 spiro atoms. The molecule has 0 atom stereocenters. The molecule has 0 aliphatic rings. The van der Waals surface area contributed by atoms with Gasteiger partial charge in [-0.15, -0.1) is 0 Å². The molecule has 0 N–H and O–H groups in total. The van der Waals surface area contributed by atoms with Crippen molar-refractivity contribution in [2.24, 2.45) is 0 Å². The van der Waals surface area contributed by atoms with Crippen molar-refractivity contribution in [2.45, 2.75) is 0 Å². The molecule has 0 fully saturated rings. The summed E-state index contributed by atoms with van der Waals surface area (Å²) in [6.07, 6.45) is 0. The lowest BCUT2D eigenvalue weighted by Gasteiger charge is -2.34. The van der Waals surface area contributed by atoms with E-state index in [9.17, 15) is 0 Å². The van der Waals surface area contributed by atoms with E-state index in [0.29, 0.717) is 0 Å². The SMILES string of the molecule is c1ccc(-c2cccc(-c3cccc(-n4c5ccccc5c5cc(-n6c7ccccc7c7cc(-c8ccccc8-n8c9ccccc9c9ccc([Si](c%10ccccc%10)(c%10ccccc%10)c%10ccccc%10)cc98)ccc76)ccc54)c3)c2)cc1. The molecule has 0 aliphatic carbocycles. The molecule has 384 valence electrons. The molecule has 0 radical (unpaired) electrons. The molecule has 0 saturated heterocycles. The molecule has 0 saturated carbocycles. The molecule has 82 heavy (non-hydrogen) atoms. The van der Waals surface area contributed by atoms with Gasteiger partial charge in [0.2, 0.25) is 0 Å². The van der Waals surface area contributed by atoms with Crippen LogP contribution in [0.4, 0.5) is 0 Å². The normalized spacial score (nSPS) is 11.9. The van der Waals surface area contributed by atoms with Crippen LogP contribution in [0.5, 0.6) is 0 Å². The molecule has 0 unspecified atom stereocenters. The lowest BCUT2D eigenvalue weighted by Crippen LogP contribution is -2.74. The standard InChI is InChI=1S/C78H53N3Si/c1-5-23-54(24-6-1)55-25-21-26-56(49-55)57-27-22-28-59(50-57)79-74-41-19-16-38-68(74)71-52-60(44-48-77(71)79)80-73-40-18-15-37-67(73)70-51-58(43-47-76(70)80)65-35-13-17-39-72(65)81-75-42-20-14-36-66(75)69-46-45-64(53-78(69)81)82(61-29-7-2-8-30-61,62-31-9-3-10-32-62)63-33-11-4-12-34-63/h1-53H. The molecule has 16 rings (SSSR count). The highest BCUT2D eigenvalue weighted by Gasteiger charge is 2.41. The van der Waals surface area contributed by atoms with Gasteiger partial charge in [-0.05, 0) is 127 Å². The molecule has 13 aromatic carbocycles. The van der Waals surface area contributed by atoms with Crippen molar-refractivity contribution in [3.8, 4) is 50.4 Å². The summed E-state index contributed by atoms with van der Waals surface area (Å²) in [5, 5.41) is 12.8. The van der Waals surface area contributed by atoms with Gasteiger partial charge in [0.05, 0.1) is 38.8 Å². The third-order valence-corrected chi connectivity index (χ3v) is 22.0. The molecule has 0 amide bonds. The third kappa shape index (κ3) is 7.50. The first kappa shape index (κ1) is 47.5. The number of nitrogens with zero attached hydrogens (tertiary/aromatic N) is 3. The summed E-state index contributed by atoms with van der Waals surface area (Å²) in [4.78, 5) is 0. The summed E-state index contributed by atoms with van der Waals surface area (Å²) in [5.74, 6) is 0. The van der Waals surface area contributed by atoms with Crippen LogP contribution in [0, 0.1) is 0 Å². The second-order valence-electron chi connectivity index (χ2n) is 21.6. The zero-order valence-corrected chi connectivity index (χ0v) is 45.9. The highest BCUT2D eigenvalue weighted by atomic mass is 28.3. The predicted octanol–water partition coefficient (Wildman–Crippen LogP) is 17.4. The van der Waals surface area contributed by atoms with E-state index in [1.807, 2.05) is 0 Å². The fraction of sp³-hybridized carbons (Fsp3) is 0. The maximum absolute atomic E-state index is 2.84. The van der Waals surface area contributed by atoms with Crippen LogP contribution in [0.3, 0.4) is 0 Å². The Hall–Kier alpha value is -10.5. The molecule has 3 heterocycles. The number of para-hydroxylation sites is 4. The Kier molecular flexibility index (Phi) is 11.2. The van der Waals surface area contributed by atoms with Gasteiger partial charge in [-0.25, -0.2) is 0 Å². The van der Waals surface area contributed by atoms with Gasteiger partial charge < -0.3 is 13.7 Å². The second kappa shape index (κ2) is 19.4. The average molecular weight is 1060 g/mol. The zero-order valence-electron chi connectivity index (χ0n) is 44.9. The first-order valence-corrected chi connectivity index (χ1v) is 30.3. The fourth-order valence-corrected chi connectivity index (χ4v) is 18.3. The van der Waals surface area contributed by atoms with Gasteiger partial charge in [-0.2, -0.15) is 0 Å². The number of fused-ring (bicyclic) bond motifs is 9. The van der Waals surface area contributed by atoms with Gasteiger partial charge in [-0.3, -0.25) is 0 Å². The van der Waals surface area contributed by atoms with E-state index in [1.165, 1.54) is 120 Å². The minimum absolute atomic E-state index is 1.13. The Morgan fingerprint density at radius 1 is 0.195 bits per heavy atom. The summed E-state index contributed by atoms with van der Waals surface area (Å²) in [6.45, 7) is 0. The van der Waals surface area contributed by atoms with Crippen LogP contribution in [0.25, 0.3) is 116 Å². The minimum atomic E-state index is -2.84. The quantitative estimate of drug-likeness (QED) is 0.0958. The third-order valence-electron chi connectivity index (χ3n) is 17.2. The van der Waals surface area contributed by atoms with E-state index in [1.54, 1.807) is 0 Å². The lowest BCUT2D eigenvalue weighted by molar-refractivity contribution is 1.16. The fourth-order valence-electron chi connectivity index (χ4n) is 13.6. The number of aromatic nitrogens is 3. The maximum atomic E-state index is 2.53. The molecule has 4 heteroatoms. The van der Waals surface area contributed by atoms with Crippen molar-refractivity contribution in [1.82, 2.24) is 13.7 Å². The Morgan fingerprint density at radius 3 is 1.24 bits per heavy atom. The molecule has 3 aromatic heterocycles. The Bertz CT molecular complexity index is 4990. The Balaban J connectivity index is 0.842. The number of hydrogen-bond acceptors (Lipinski definition) is 0. The van der Waals surface area contributed by atoms with Gasteiger partial charge in [0.25, 0.3) is 0 Å². The van der Waals surface area contributed by atoms with Crippen molar-refractivity contribution in [1.29, 1.82) is 0 Å². The highest BCUT2D eigenvalue weighted by molar-refractivity contribution is 7.20. The number of hydrogen-bond donors (Lipinski definition) is 0. The zero-order chi connectivity index (χ0) is 54.1. The van der Waals surface area contributed by atoms with Crippen LogP contribution in [0.2, 0.25) is 0 Å². The minimum Gasteiger partial charge on any atom is -0.309 e. The first-order valence-electron chi connectivity index (χ1n) is 28.3. The molecular formula is C78H53N3Si. The second-order valence-corrected chi connectivity index (χ2v) is 25.4. The average Bonchev–Trinajstić information content (AvgIpc) is 3.18. The Morgan fingerprint density at radius 2 is 0.622 bits per heavy atom. The topological polar surface area (TPSA) is 14.8 Å². The van der Waals surface area contributed by atoms with Gasteiger partial charge in [0.15, 0.2) is 8.07 Å². The summed E-state index contributed by atoms with van der Waals surface area (Å²) in [5.41, 5.74) is 17.6. The van der Waals surface area contributed by atoms with Gasteiger partial charge >= 0.3 is 0 Å². The molecule has 16 aromatic rings. The molecular weight excluding hydrogens is 1010 g/mol. The van der Waals surface area contributed by atoms with Crippen molar-refractivity contribution in [2.75, 3.05) is 0 Å². The van der Waals surface area contributed by atoms with E-state index in [0.717, 1.165) is 17.1 Å². The van der Waals surface area contributed by atoms with E-state index in [2.05, 4.69) is 335 Å². The number of rotatable bonds is 10. The summed E-state index contributed by atoms with van der Waals surface area (Å²) >= 11 is 0. The van der Waals surface area contributed by atoms with Crippen molar-refractivity contribution in [3.05, 3.63) is 322 Å². The van der Waals surface area contributed by atoms with Crippen molar-refractivity contribution >= 4 is 94.2 Å². The maximum Gasteiger partial charge on any atom is 0.179 e. The lowest BCUT2D eigenvalue weighted by atomic mass is 9.99. The molecule has 0 bridgehead atoms. The van der Waals surface area contributed by atoms with Crippen molar-refractivity contribution in [3.63, 3.8) is 0 Å². The summed E-state index contributed by atoms with van der Waals surface area (Å²) < 4.78 is 7.42. The summed E-state index contributed by atoms with van der Waals surface area (Å²) in [7, 11) is -2.84. The highest BCUT2D eigenvalue weighted by Crippen LogP contribution is 2.41. The van der Waals surface area contributed by atoms with Gasteiger partial charge in [0.1, 0.15) is 0 Å². The van der Waals surface area contributed by atoms with Crippen LogP contribution in [-0.4, -0.2) is 21.8 Å². The van der Waals surface area contributed by atoms with Gasteiger partial charge in [-0.1, -0.05) is 243 Å². The molecule has 3 nitrogen and oxygen atoms in total. The first-order chi connectivity index (χ1) is 40.7. The van der Waals surface area contributed by atoms with E-state index in [4.69, 9.17) is 0 Å².